The Labute approximate surface area is 85.1 Å². The molecule has 0 atom stereocenters. The SMILES string of the molecule is N#Cc1c(F)c(F)c(CBr)c(F)c1F. The van der Waals surface area contributed by atoms with Gasteiger partial charge in [-0.15, -0.1) is 0 Å². The molecular formula is C8H2BrF4N. The van der Waals surface area contributed by atoms with Gasteiger partial charge in [-0.1, -0.05) is 15.9 Å². The van der Waals surface area contributed by atoms with Crippen LogP contribution in [0.15, 0.2) is 0 Å². The van der Waals surface area contributed by atoms with E-state index in [-0.39, 0.29) is 5.33 Å². The molecule has 0 aliphatic carbocycles. The molecule has 0 saturated carbocycles. The lowest BCUT2D eigenvalue weighted by atomic mass is 10.1. The minimum atomic E-state index is -1.67. The monoisotopic (exact) mass is 267 g/mol. The van der Waals surface area contributed by atoms with Crippen LogP contribution in [0.2, 0.25) is 0 Å². The summed E-state index contributed by atoms with van der Waals surface area (Å²) in [6.45, 7) is 0. The number of nitriles is 1. The van der Waals surface area contributed by atoms with Crippen molar-refractivity contribution < 1.29 is 17.6 Å². The molecule has 0 aliphatic heterocycles. The highest BCUT2D eigenvalue weighted by Crippen LogP contribution is 2.24. The largest absolute Gasteiger partial charge is 0.203 e. The average molecular weight is 268 g/mol. The Morgan fingerprint density at radius 1 is 1.00 bits per heavy atom. The number of benzene rings is 1. The number of alkyl halides is 1. The predicted molar refractivity (Wildman–Crippen MR) is 43.6 cm³/mol. The zero-order chi connectivity index (χ0) is 10.9. The summed E-state index contributed by atoms with van der Waals surface area (Å²) in [5, 5.41) is 7.87. The van der Waals surface area contributed by atoms with Crippen LogP contribution < -0.4 is 0 Å². The molecule has 0 unspecified atom stereocenters. The third-order valence-electron chi connectivity index (χ3n) is 1.60. The van der Waals surface area contributed by atoms with Gasteiger partial charge in [0.2, 0.25) is 0 Å². The highest BCUT2D eigenvalue weighted by Gasteiger charge is 2.24. The van der Waals surface area contributed by atoms with Crippen LogP contribution in [0.1, 0.15) is 11.1 Å². The second-order valence-electron chi connectivity index (χ2n) is 2.35. The molecule has 0 saturated heterocycles. The normalized spacial score (nSPS) is 10.0. The Hall–Kier alpha value is -1.09. The Morgan fingerprint density at radius 2 is 1.43 bits per heavy atom. The van der Waals surface area contributed by atoms with E-state index in [1.807, 2.05) is 0 Å². The summed E-state index contributed by atoms with van der Waals surface area (Å²) in [5.41, 5.74) is -2.01. The first-order chi connectivity index (χ1) is 6.54. The standard InChI is InChI=1S/C8H2BrF4N/c9-1-3-5(10)7(12)4(2-14)8(13)6(3)11/h1H2. The van der Waals surface area contributed by atoms with Crippen LogP contribution in [0.25, 0.3) is 0 Å². The van der Waals surface area contributed by atoms with Crippen molar-refractivity contribution in [2.24, 2.45) is 0 Å². The second kappa shape index (κ2) is 3.96. The number of hydrogen-bond donors (Lipinski definition) is 0. The van der Waals surface area contributed by atoms with E-state index in [0.29, 0.717) is 0 Å². The first-order valence-corrected chi connectivity index (χ1v) is 4.47. The number of nitrogens with zero attached hydrogens (tertiary/aromatic N) is 1. The Kier molecular flexibility index (Phi) is 3.11. The number of rotatable bonds is 1. The van der Waals surface area contributed by atoms with Gasteiger partial charge in [0, 0.05) is 10.9 Å². The zero-order valence-corrected chi connectivity index (χ0v) is 8.13. The fourth-order valence-electron chi connectivity index (χ4n) is 0.893. The Morgan fingerprint density at radius 3 is 1.71 bits per heavy atom. The lowest BCUT2D eigenvalue weighted by Crippen LogP contribution is -2.05. The van der Waals surface area contributed by atoms with E-state index >= 15 is 0 Å². The molecule has 1 rings (SSSR count). The molecule has 1 aromatic carbocycles. The van der Waals surface area contributed by atoms with Crippen molar-refractivity contribution in [2.75, 3.05) is 0 Å². The van der Waals surface area contributed by atoms with Gasteiger partial charge in [0.25, 0.3) is 0 Å². The number of halogens is 5. The highest BCUT2D eigenvalue weighted by molar-refractivity contribution is 9.08. The van der Waals surface area contributed by atoms with E-state index in [4.69, 9.17) is 5.26 Å². The zero-order valence-electron chi connectivity index (χ0n) is 6.54. The molecule has 74 valence electrons. The maximum Gasteiger partial charge on any atom is 0.180 e. The molecule has 0 spiro atoms. The van der Waals surface area contributed by atoms with Crippen LogP contribution in [0.4, 0.5) is 17.6 Å². The van der Waals surface area contributed by atoms with Crippen molar-refractivity contribution in [2.45, 2.75) is 5.33 Å². The first kappa shape index (κ1) is 11.0. The third kappa shape index (κ3) is 1.48. The second-order valence-corrected chi connectivity index (χ2v) is 2.92. The molecule has 1 aromatic rings. The van der Waals surface area contributed by atoms with Crippen LogP contribution in [0.5, 0.6) is 0 Å². The molecule has 6 heteroatoms. The van der Waals surface area contributed by atoms with Crippen molar-refractivity contribution in [3.63, 3.8) is 0 Å². The van der Waals surface area contributed by atoms with E-state index in [0.717, 1.165) is 6.07 Å². The van der Waals surface area contributed by atoms with E-state index in [9.17, 15) is 17.6 Å². The van der Waals surface area contributed by atoms with Gasteiger partial charge in [0.15, 0.2) is 23.3 Å². The molecule has 1 nitrogen and oxygen atoms in total. The topological polar surface area (TPSA) is 23.8 Å². The lowest BCUT2D eigenvalue weighted by molar-refractivity contribution is 0.441. The van der Waals surface area contributed by atoms with Gasteiger partial charge in [0.05, 0.1) is 0 Å². The highest BCUT2D eigenvalue weighted by atomic mass is 79.9. The van der Waals surface area contributed by atoms with Gasteiger partial charge in [-0.25, -0.2) is 17.6 Å². The van der Waals surface area contributed by atoms with Crippen molar-refractivity contribution in [3.05, 3.63) is 34.4 Å². The molecular weight excluding hydrogens is 266 g/mol. The minimum absolute atomic E-state index is 0.371. The maximum absolute atomic E-state index is 12.9. The summed E-state index contributed by atoms with van der Waals surface area (Å²) in [5.74, 6) is -6.42. The summed E-state index contributed by atoms with van der Waals surface area (Å²) >= 11 is 2.68. The molecule has 0 aliphatic rings. The summed E-state index contributed by atoms with van der Waals surface area (Å²) < 4.78 is 51.6. The van der Waals surface area contributed by atoms with Crippen LogP contribution >= 0.6 is 15.9 Å². The molecule has 0 fully saturated rings. The van der Waals surface area contributed by atoms with Crippen LogP contribution in [0.3, 0.4) is 0 Å². The Bertz CT molecular complexity index is 388. The molecule has 0 radical (unpaired) electrons. The van der Waals surface area contributed by atoms with E-state index in [1.165, 1.54) is 0 Å². The summed E-state index contributed by atoms with van der Waals surface area (Å²) in [6, 6.07) is 1.05. The third-order valence-corrected chi connectivity index (χ3v) is 2.16. The van der Waals surface area contributed by atoms with E-state index in [2.05, 4.69) is 15.9 Å². The predicted octanol–water partition coefficient (Wildman–Crippen LogP) is 3.01. The first-order valence-electron chi connectivity index (χ1n) is 3.35. The Balaban J connectivity index is 3.66. The van der Waals surface area contributed by atoms with Gasteiger partial charge in [0.1, 0.15) is 11.6 Å². The van der Waals surface area contributed by atoms with Gasteiger partial charge in [-0.3, -0.25) is 0 Å². The summed E-state index contributed by atoms with van der Waals surface area (Å²) in [4.78, 5) is 0. The smallest absolute Gasteiger partial charge is 0.180 e. The van der Waals surface area contributed by atoms with E-state index < -0.39 is 34.4 Å². The molecule has 0 aromatic heterocycles. The van der Waals surface area contributed by atoms with Gasteiger partial charge < -0.3 is 0 Å². The fraction of sp³-hybridized carbons (Fsp3) is 0.125. The van der Waals surface area contributed by atoms with Crippen LogP contribution in [-0.2, 0) is 5.33 Å². The van der Waals surface area contributed by atoms with Crippen molar-refractivity contribution in [3.8, 4) is 6.07 Å². The van der Waals surface area contributed by atoms with Crippen molar-refractivity contribution in [1.29, 1.82) is 5.26 Å². The van der Waals surface area contributed by atoms with Gasteiger partial charge >= 0.3 is 0 Å². The molecule has 0 N–H and O–H groups in total. The average Bonchev–Trinajstić information content (AvgIpc) is 2.17. The quantitative estimate of drug-likeness (QED) is 0.436. The number of hydrogen-bond acceptors (Lipinski definition) is 1. The molecule has 0 bridgehead atoms. The van der Waals surface area contributed by atoms with Gasteiger partial charge in [-0.05, 0) is 0 Å². The van der Waals surface area contributed by atoms with Crippen LogP contribution in [0, 0.1) is 34.6 Å². The molecule has 0 amide bonds. The van der Waals surface area contributed by atoms with Crippen molar-refractivity contribution >= 4 is 15.9 Å². The van der Waals surface area contributed by atoms with E-state index in [1.54, 1.807) is 0 Å². The molecule has 14 heavy (non-hydrogen) atoms. The van der Waals surface area contributed by atoms with Gasteiger partial charge in [-0.2, -0.15) is 5.26 Å². The fourth-order valence-corrected chi connectivity index (χ4v) is 1.38. The summed E-state index contributed by atoms with van der Waals surface area (Å²) in [6.07, 6.45) is 0. The summed E-state index contributed by atoms with van der Waals surface area (Å²) in [7, 11) is 0. The minimum Gasteiger partial charge on any atom is -0.203 e. The van der Waals surface area contributed by atoms with Crippen LogP contribution in [-0.4, -0.2) is 0 Å². The molecule has 0 heterocycles. The maximum atomic E-state index is 12.9. The lowest BCUT2D eigenvalue weighted by Gasteiger charge is -2.05. The van der Waals surface area contributed by atoms with Crippen molar-refractivity contribution in [1.82, 2.24) is 0 Å².